The lowest BCUT2D eigenvalue weighted by molar-refractivity contribution is 0.0857. The van der Waals surface area contributed by atoms with E-state index >= 15 is 0 Å². The minimum Gasteiger partial charge on any atom is -0.375 e. The fourth-order valence-corrected chi connectivity index (χ4v) is 3.78. The maximum Gasteiger partial charge on any atom is 0.0624 e. The summed E-state index contributed by atoms with van der Waals surface area (Å²) in [5.74, 6) is 6.32. The topological polar surface area (TPSA) is 47.3 Å². The summed E-state index contributed by atoms with van der Waals surface area (Å²) in [7, 11) is 0. The molecule has 0 spiro atoms. The van der Waals surface area contributed by atoms with Gasteiger partial charge in [0.2, 0.25) is 0 Å². The lowest BCUT2D eigenvalue weighted by atomic mass is 9.82. The van der Waals surface area contributed by atoms with Crippen LogP contribution in [0.4, 0.5) is 0 Å². The van der Waals surface area contributed by atoms with Crippen molar-refractivity contribution in [3.63, 3.8) is 0 Å². The molecule has 3 nitrogen and oxygen atoms in total. The number of ether oxygens (including phenoxy) is 1. The summed E-state index contributed by atoms with van der Waals surface area (Å²) >= 11 is 3.60. The van der Waals surface area contributed by atoms with Crippen LogP contribution < -0.4 is 11.3 Å². The summed E-state index contributed by atoms with van der Waals surface area (Å²) in [4.78, 5) is 0. The van der Waals surface area contributed by atoms with E-state index in [1.807, 2.05) is 6.07 Å². The molecule has 2 saturated heterocycles. The molecule has 4 atom stereocenters. The van der Waals surface area contributed by atoms with Gasteiger partial charge in [0.25, 0.3) is 0 Å². The van der Waals surface area contributed by atoms with Crippen LogP contribution in [0.2, 0.25) is 0 Å². The number of hydrogen-bond acceptors (Lipinski definition) is 3. The molecule has 0 aliphatic carbocycles. The predicted octanol–water partition coefficient (Wildman–Crippen LogP) is 2.39. The zero-order valence-electron chi connectivity index (χ0n) is 10.3. The number of hydrazine groups is 1. The second-order valence-electron chi connectivity index (χ2n) is 5.34. The molecule has 0 saturated carbocycles. The van der Waals surface area contributed by atoms with Gasteiger partial charge < -0.3 is 4.74 Å². The molecule has 1 aromatic rings. The standard InChI is InChI=1S/C14H19BrN2O/c15-12-4-2-1-3-9(12)7-13(17-16)11-8-10-5-6-14(11)18-10/h1-4,10-11,13-14,17H,5-8,16H2. The fraction of sp³-hybridized carbons (Fsp3) is 0.571. The van der Waals surface area contributed by atoms with Gasteiger partial charge >= 0.3 is 0 Å². The molecule has 4 unspecified atom stereocenters. The lowest BCUT2D eigenvalue weighted by Gasteiger charge is -2.28. The molecule has 3 rings (SSSR count). The Bertz CT molecular complexity index is 426. The Morgan fingerprint density at radius 3 is 2.83 bits per heavy atom. The van der Waals surface area contributed by atoms with Crippen LogP contribution in [-0.2, 0) is 11.2 Å². The molecule has 3 N–H and O–H groups in total. The zero-order valence-corrected chi connectivity index (χ0v) is 11.9. The Hall–Kier alpha value is -0.420. The van der Waals surface area contributed by atoms with Crippen molar-refractivity contribution in [1.82, 2.24) is 5.43 Å². The third kappa shape index (κ3) is 2.35. The van der Waals surface area contributed by atoms with Crippen molar-refractivity contribution in [1.29, 1.82) is 0 Å². The fourth-order valence-electron chi connectivity index (χ4n) is 3.34. The van der Waals surface area contributed by atoms with E-state index in [1.165, 1.54) is 18.4 Å². The third-order valence-corrected chi connectivity index (χ3v) is 5.06. The van der Waals surface area contributed by atoms with E-state index in [4.69, 9.17) is 10.6 Å². The van der Waals surface area contributed by atoms with Crippen molar-refractivity contribution in [2.45, 2.75) is 43.9 Å². The highest BCUT2D eigenvalue weighted by Crippen LogP contribution is 2.41. The van der Waals surface area contributed by atoms with E-state index in [1.54, 1.807) is 0 Å². The van der Waals surface area contributed by atoms with Crippen molar-refractivity contribution in [3.05, 3.63) is 34.3 Å². The summed E-state index contributed by atoms with van der Waals surface area (Å²) in [6.07, 6.45) is 5.43. The molecule has 2 bridgehead atoms. The molecule has 2 heterocycles. The van der Waals surface area contributed by atoms with E-state index in [-0.39, 0.29) is 0 Å². The minimum absolute atomic E-state index is 0.305. The third-order valence-electron chi connectivity index (χ3n) is 4.28. The summed E-state index contributed by atoms with van der Waals surface area (Å²) in [6.45, 7) is 0. The molecule has 1 aromatic carbocycles. The first-order valence-corrected chi connectivity index (χ1v) is 7.42. The van der Waals surface area contributed by atoms with Crippen molar-refractivity contribution >= 4 is 15.9 Å². The number of nitrogens with two attached hydrogens (primary N) is 1. The van der Waals surface area contributed by atoms with Crippen LogP contribution in [-0.4, -0.2) is 18.2 Å². The molecule has 98 valence electrons. The van der Waals surface area contributed by atoms with Crippen LogP contribution in [0, 0.1) is 5.92 Å². The van der Waals surface area contributed by atoms with E-state index in [9.17, 15) is 0 Å². The molecule has 2 aliphatic heterocycles. The zero-order chi connectivity index (χ0) is 12.5. The van der Waals surface area contributed by atoms with Crippen LogP contribution in [0.5, 0.6) is 0 Å². The van der Waals surface area contributed by atoms with Crippen LogP contribution in [0.3, 0.4) is 0 Å². The van der Waals surface area contributed by atoms with Gasteiger partial charge in [-0.1, -0.05) is 34.1 Å². The minimum atomic E-state index is 0.305. The van der Waals surface area contributed by atoms with Crippen molar-refractivity contribution < 1.29 is 4.74 Å². The molecule has 0 amide bonds. The first kappa shape index (κ1) is 12.6. The van der Waals surface area contributed by atoms with Crippen LogP contribution in [0.15, 0.2) is 28.7 Å². The number of fused-ring (bicyclic) bond motifs is 2. The monoisotopic (exact) mass is 310 g/mol. The quantitative estimate of drug-likeness (QED) is 0.663. The lowest BCUT2D eigenvalue weighted by Crippen LogP contribution is -2.45. The summed E-state index contributed by atoms with van der Waals surface area (Å²) in [5, 5.41) is 0. The second-order valence-corrected chi connectivity index (χ2v) is 6.20. The van der Waals surface area contributed by atoms with Crippen molar-refractivity contribution in [2.24, 2.45) is 11.8 Å². The van der Waals surface area contributed by atoms with Gasteiger partial charge in [-0.3, -0.25) is 11.3 Å². The van der Waals surface area contributed by atoms with E-state index < -0.39 is 0 Å². The molecule has 0 radical (unpaired) electrons. The maximum atomic E-state index is 5.93. The number of benzene rings is 1. The molecule has 2 fully saturated rings. The van der Waals surface area contributed by atoms with Gasteiger partial charge in [-0.05, 0) is 37.3 Å². The van der Waals surface area contributed by atoms with Gasteiger partial charge in [0.05, 0.1) is 12.2 Å². The molecular formula is C14H19BrN2O. The van der Waals surface area contributed by atoms with Crippen LogP contribution in [0.1, 0.15) is 24.8 Å². The summed E-state index contributed by atoms with van der Waals surface area (Å²) in [5.41, 5.74) is 4.31. The Morgan fingerprint density at radius 2 is 2.22 bits per heavy atom. The molecule has 2 aliphatic rings. The van der Waals surface area contributed by atoms with E-state index in [0.29, 0.717) is 24.2 Å². The Balaban J connectivity index is 1.72. The maximum absolute atomic E-state index is 5.93. The highest BCUT2D eigenvalue weighted by atomic mass is 79.9. The van der Waals surface area contributed by atoms with E-state index in [0.717, 1.165) is 17.3 Å². The van der Waals surface area contributed by atoms with Gasteiger partial charge in [0.1, 0.15) is 0 Å². The number of nitrogens with one attached hydrogen (secondary N) is 1. The Morgan fingerprint density at radius 1 is 1.39 bits per heavy atom. The smallest absolute Gasteiger partial charge is 0.0624 e. The molecular weight excluding hydrogens is 292 g/mol. The van der Waals surface area contributed by atoms with Gasteiger partial charge in [0.15, 0.2) is 0 Å². The van der Waals surface area contributed by atoms with Crippen LogP contribution in [0.25, 0.3) is 0 Å². The summed E-state index contributed by atoms with van der Waals surface area (Å²) < 4.78 is 7.09. The van der Waals surface area contributed by atoms with Crippen molar-refractivity contribution in [2.75, 3.05) is 0 Å². The van der Waals surface area contributed by atoms with Gasteiger partial charge in [0, 0.05) is 16.4 Å². The molecule has 18 heavy (non-hydrogen) atoms. The van der Waals surface area contributed by atoms with Gasteiger partial charge in [-0.2, -0.15) is 0 Å². The molecule has 0 aromatic heterocycles. The van der Waals surface area contributed by atoms with E-state index in [2.05, 4.69) is 39.6 Å². The van der Waals surface area contributed by atoms with Crippen molar-refractivity contribution in [3.8, 4) is 0 Å². The van der Waals surface area contributed by atoms with Gasteiger partial charge in [-0.15, -0.1) is 0 Å². The highest BCUT2D eigenvalue weighted by molar-refractivity contribution is 9.10. The second kappa shape index (κ2) is 5.29. The first-order valence-electron chi connectivity index (χ1n) is 6.63. The average Bonchev–Trinajstić information content (AvgIpc) is 3.00. The SMILES string of the molecule is NNC(Cc1ccccc1Br)C1CC2CCC1O2. The number of hydrogen-bond donors (Lipinski definition) is 2. The number of rotatable bonds is 4. The Kier molecular flexibility index (Phi) is 3.71. The largest absolute Gasteiger partial charge is 0.375 e. The highest BCUT2D eigenvalue weighted by Gasteiger charge is 2.44. The van der Waals surface area contributed by atoms with Crippen LogP contribution >= 0.6 is 15.9 Å². The normalized spacial score (nSPS) is 31.8. The van der Waals surface area contributed by atoms with Gasteiger partial charge in [-0.25, -0.2) is 0 Å². The summed E-state index contributed by atoms with van der Waals surface area (Å²) in [6, 6.07) is 8.66. The molecule has 4 heteroatoms. The number of halogens is 1. The average molecular weight is 311 g/mol. The Labute approximate surface area is 116 Å². The predicted molar refractivity (Wildman–Crippen MR) is 75.0 cm³/mol. The first-order chi connectivity index (χ1) is 8.78.